The lowest BCUT2D eigenvalue weighted by molar-refractivity contribution is -0.142. The molecule has 0 spiro atoms. The van der Waals surface area contributed by atoms with Gasteiger partial charge in [-0.15, -0.1) is 0 Å². The maximum absolute atomic E-state index is 12.0. The average molecular weight is 329 g/mol. The van der Waals surface area contributed by atoms with Crippen molar-refractivity contribution in [1.29, 1.82) is 0 Å². The molecule has 4 N–H and O–H groups in total. The van der Waals surface area contributed by atoms with E-state index in [0.29, 0.717) is 15.7 Å². The van der Waals surface area contributed by atoms with Crippen molar-refractivity contribution in [1.82, 2.24) is 5.32 Å². The van der Waals surface area contributed by atoms with E-state index in [9.17, 15) is 9.59 Å². The van der Waals surface area contributed by atoms with E-state index in [1.807, 2.05) is 0 Å². The lowest BCUT2D eigenvalue weighted by atomic mass is 9.86. The van der Waals surface area contributed by atoms with Crippen LogP contribution in [0.2, 0.25) is 0 Å². The van der Waals surface area contributed by atoms with Crippen molar-refractivity contribution < 1.29 is 14.7 Å². The highest BCUT2D eigenvalue weighted by molar-refractivity contribution is 9.10. The third kappa shape index (κ3) is 3.96. The monoisotopic (exact) mass is 328 g/mol. The number of nitrogens with one attached hydrogen (secondary N) is 1. The molecular weight excluding hydrogens is 312 g/mol. The average Bonchev–Trinajstić information content (AvgIpc) is 2.27. The second-order valence-electron chi connectivity index (χ2n) is 5.35. The molecule has 0 heterocycles. The van der Waals surface area contributed by atoms with Gasteiger partial charge in [0.2, 0.25) is 0 Å². The summed E-state index contributed by atoms with van der Waals surface area (Å²) in [4.78, 5) is 23.2. The van der Waals surface area contributed by atoms with E-state index in [0.717, 1.165) is 0 Å². The van der Waals surface area contributed by atoms with E-state index in [2.05, 4.69) is 21.2 Å². The zero-order valence-electron chi connectivity index (χ0n) is 11.0. The first-order valence-electron chi connectivity index (χ1n) is 5.71. The molecule has 0 aromatic heterocycles. The number of hydrogen-bond acceptors (Lipinski definition) is 3. The lowest BCUT2D eigenvalue weighted by Crippen LogP contribution is -2.49. The second-order valence-corrected chi connectivity index (χ2v) is 6.20. The van der Waals surface area contributed by atoms with Crippen LogP contribution < -0.4 is 11.1 Å². The topological polar surface area (TPSA) is 92.4 Å². The standard InChI is InChI=1S/C13H17BrN2O3/c1-13(2,3)10(12(18)19)16-11(17)7-4-5-9(15)8(14)6-7/h4-6,10H,15H2,1-3H3,(H,16,17)(H,18,19). The maximum Gasteiger partial charge on any atom is 0.326 e. The number of halogens is 1. The van der Waals surface area contributed by atoms with Gasteiger partial charge in [-0.1, -0.05) is 20.8 Å². The summed E-state index contributed by atoms with van der Waals surface area (Å²) in [5.41, 5.74) is 5.93. The SMILES string of the molecule is CC(C)(C)C(NC(=O)c1ccc(N)c(Br)c1)C(=O)O. The summed E-state index contributed by atoms with van der Waals surface area (Å²) in [6, 6.07) is 3.74. The zero-order valence-corrected chi connectivity index (χ0v) is 12.6. The molecule has 19 heavy (non-hydrogen) atoms. The summed E-state index contributed by atoms with van der Waals surface area (Å²) in [7, 11) is 0. The number of rotatable bonds is 3. The Morgan fingerprint density at radius 2 is 1.95 bits per heavy atom. The molecule has 0 radical (unpaired) electrons. The van der Waals surface area contributed by atoms with Gasteiger partial charge in [-0.05, 0) is 39.5 Å². The Bertz CT molecular complexity index is 509. The number of amides is 1. The smallest absolute Gasteiger partial charge is 0.326 e. The number of carbonyl (C=O) groups is 2. The van der Waals surface area contributed by atoms with Crippen LogP contribution in [-0.2, 0) is 4.79 Å². The van der Waals surface area contributed by atoms with Gasteiger partial charge in [0.1, 0.15) is 6.04 Å². The number of benzene rings is 1. The van der Waals surface area contributed by atoms with Crippen molar-refractivity contribution in [2.75, 3.05) is 5.73 Å². The molecule has 1 amide bonds. The van der Waals surface area contributed by atoms with Gasteiger partial charge in [0.15, 0.2) is 0 Å². The molecule has 0 aliphatic carbocycles. The van der Waals surface area contributed by atoms with E-state index < -0.39 is 23.3 Å². The van der Waals surface area contributed by atoms with Gasteiger partial charge in [0, 0.05) is 15.7 Å². The third-order valence-electron chi connectivity index (χ3n) is 2.65. The first kappa shape index (κ1) is 15.5. The molecule has 0 fully saturated rings. The van der Waals surface area contributed by atoms with Gasteiger partial charge in [-0.2, -0.15) is 0 Å². The van der Waals surface area contributed by atoms with Gasteiger partial charge in [-0.25, -0.2) is 4.79 Å². The Balaban J connectivity index is 2.94. The van der Waals surface area contributed by atoms with Crippen molar-refractivity contribution in [3.63, 3.8) is 0 Å². The highest BCUT2D eigenvalue weighted by atomic mass is 79.9. The normalized spacial score (nSPS) is 12.8. The minimum atomic E-state index is -1.06. The van der Waals surface area contributed by atoms with Crippen LogP contribution in [0.25, 0.3) is 0 Å². The number of nitrogen functional groups attached to an aromatic ring is 1. The maximum atomic E-state index is 12.0. The van der Waals surface area contributed by atoms with Crippen LogP contribution >= 0.6 is 15.9 Å². The number of hydrogen-bond donors (Lipinski definition) is 3. The highest BCUT2D eigenvalue weighted by Gasteiger charge is 2.32. The van der Waals surface area contributed by atoms with Crippen molar-refractivity contribution in [2.45, 2.75) is 26.8 Å². The van der Waals surface area contributed by atoms with E-state index in [1.54, 1.807) is 39.0 Å². The van der Waals surface area contributed by atoms with Crippen LogP contribution in [0.1, 0.15) is 31.1 Å². The van der Waals surface area contributed by atoms with Gasteiger partial charge in [0.05, 0.1) is 0 Å². The zero-order chi connectivity index (χ0) is 14.8. The minimum absolute atomic E-state index is 0.358. The van der Waals surface area contributed by atoms with Gasteiger partial charge in [0.25, 0.3) is 5.91 Å². The van der Waals surface area contributed by atoms with Crippen LogP contribution in [0.5, 0.6) is 0 Å². The Morgan fingerprint density at radius 1 is 1.37 bits per heavy atom. The van der Waals surface area contributed by atoms with Crippen molar-refractivity contribution in [2.24, 2.45) is 5.41 Å². The second kappa shape index (κ2) is 5.61. The summed E-state index contributed by atoms with van der Waals surface area (Å²) in [6.45, 7) is 5.26. The van der Waals surface area contributed by atoms with E-state index in [4.69, 9.17) is 10.8 Å². The molecule has 1 aromatic rings. The molecule has 6 heteroatoms. The molecule has 0 bridgehead atoms. The fourth-order valence-electron chi connectivity index (χ4n) is 1.53. The predicted octanol–water partition coefficient (Wildman–Crippen LogP) is 2.26. The Labute approximate surface area is 120 Å². The molecule has 0 aliphatic rings. The Hall–Kier alpha value is -1.56. The lowest BCUT2D eigenvalue weighted by Gasteiger charge is -2.27. The molecule has 104 valence electrons. The number of anilines is 1. The first-order valence-corrected chi connectivity index (χ1v) is 6.51. The van der Waals surface area contributed by atoms with E-state index in [-0.39, 0.29) is 0 Å². The summed E-state index contributed by atoms with van der Waals surface area (Å²) in [5.74, 6) is -1.50. The number of carbonyl (C=O) groups excluding carboxylic acids is 1. The largest absolute Gasteiger partial charge is 0.480 e. The molecule has 0 aliphatic heterocycles. The minimum Gasteiger partial charge on any atom is -0.480 e. The van der Waals surface area contributed by atoms with Gasteiger partial charge >= 0.3 is 5.97 Å². The molecule has 1 aromatic carbocycles. The van der Waals surface area contributed by atoms with Crippen LogP contribution in [0.15, 0.2) is 22.7 Å². The van der Waals surface area contributed by atoms with Crippen LogP contribution in [0, 0.1) is 5.41 Å². The van der Waals surface area contributed by atoms with E-state index >= 15 is 0 Å². The molecule has 0 saturated carbocycles. The fourth-order valence-corrected chi connectivity index (χ4v) is 1.91. The molecule has 0 saturated heterocycles. The molecule has 5 nitrogen and oxygen atoms in total. The summed E-state index contributed by atoms with van der Waals surface area (Å²) in [6.07, 6.45) is 0. The third-order valence-corrected chi connectivity index (χ3v) is 3.34. The van der Waals surface area contributed by atoms with Gasteiger partial charge < -0.3 is 16.2 Å². The Kier molecular flexibility index (Phi) is 4.57. The van der Waals surface area contributed by atoms with Crippen LogP contribution in [-0.4, -0.2) is 23.0 Å². The molecule has 1 atom stereocenters. The Morgan fingerprint density at radius 3 is 2.37 bits per heavy atom. The number of nitrogens with two attached hydrogens (primary N) is 1. The number of aliphatic carboxylic acids is 1. The molecule has 1 unspecified atom stereocenters. The van der Waals surface area contributed by atoms with E-state index in [1.165, 1.54) is 0 Å². The number of carboxylic acid groups (broad SMARTS) is 1. The predicted molar refractivity (Wildman–Crippen MR) is 76.9 cm³/mol. The summed E-state index contributed by atoms with van der Waals surface area (Å²) < 4.78 is 0.600. The van der Waals surface area contributed by atoms with Crippen LogP contribution in [0.3, 0.4) is 0 Å². The van der Waals surface area contributed by atoms with Crippen LogP contribution in [0.4, 0.5) is 5.69 Å². The quantitative estimate of drug-likeness (QED) is 0.742. The summed E-state index contributed by atoms with van der Waals surface area (Å²) >= 11 is 3.23. The molecule has 1 rings (SSSR count). The van der Waals surface area contributed by atoms with Crippen molar-refractivity contribution >= 4 is 33.5 Å². The molecular formula is C13H17BrN2O3. The first-order chi connectivity index (χ1) is 8.62. The number of carboxylic acids is 1. The summed E-state index contributed by atoms with van der Waals surface area (Å²) in [5, 5.41) is 11.7. The van der Waals surface area contributed by atoms with Crippen molar-refractivity contribution in [3.05, 3.63) is 28.2 Å². The highest BCUT2D eigenvalue weighted by Crippen LogP contribution is 2.22. The fraction of sp³-hybridized carbons (Fsp3) is 0.385. The van der Waals surface area contributed by atoms with Crippen molar-refractivity contribution in [3.8, 4) is 0 Å². The van der Waals surface area contributed by atoms with Gasteiger partial charge in [-0.3, -0.25) is 4.79 Å².